The number of fused-ring (bicyclic) bond motifs is 1. The van der Waals surface area contributed by atoms with E-state index < -0.39 is 0 Å². The number of thioether (sulfide) groups is 1. The summed E-state index contributed by atoms with van der Waals surface area (Å²) in [5, 5.41) is 1.08. The average molecular weight is 445 g/mol. The van der Waals surface area contributed by atoms with Gasteiger partial charge in [0, 0.05) is 40.5 Å². The highest BCUT2D eigenvalue weighted by Crippen LogP contribution is 2.28. The van der Waals surface area contributed by atoms with Crippen LogP contribution in [0.2, 0.25) is 0 Å². The standard InChI is InChI=1S/C27H28N2O2S/c1-27(2,3)26(31)29-16-13-20(14-17-29)19-8-10-21(11-9-19)24(30)18-32-25-12-15-28-23-7-5-4-6-22(23)25/h4-13,15H,14,16-18H2,1-3H3. The van der Waals surface area contributed by atoms with Crippen LogP contribution in [-0.4, -0.2) is 40.4 Å². The Morgan fingerprint density at radius 3 is 2.47 bits per heavy atom. The lowest BCUT2D eigenvalue weighted by Crippen LogP contribution is -2.41. The van der Waals surface area contributed by atoms with Gasteiger partial charge in [-0.2, -0.15) is 0 Å². The lowest BCUT2D eigenvalue weighted by molar-refractivity contribution is -0.139. The quantitative estimate of drug-likeness (QED) is 0.365. The molecule has 5 heteroatoms. The van der Waals surface area contributed by atoms with Crippen molar-refractivity contribution < 1.29 is 9.59 Å². The molecule has 4 nitrogen and oxygen atoms in total. The maximum absolute atomic E-state index is 12.8. The van der Waals surface area contributed by atoms with Crippen LogP contribution in [-0.2, 0) is 4.79 Å². The monoisotopic (exact) mass is 444 g/mol. The molecule has 2 heterocycles. The molecule has 1 amide bonds. The maximum atomic E-state index is 12.8. The summed E-state index contributed by atoms with van der Waals surface area (Å²) in [6.07, 6.45) is 4.76. The molecule has 1 aliphatic heterocycles. The van der Waals surface area contributed by atoms with Gasteiger partial charge < -0.3 is 4.90 Å². The zero-order valence-electron chi connectivity index (χ0n) is 18.8. The molecule has 3 aromatic rings. The van der Waals surface area contributed by atoms with Gasteiger partial charge in [0.1, 0.15) is 0 Å². The summed E-state index contributed by atoms with van der Waals surface area (Å²) in [4.78, 5) is 32.6. The lowest BCUT2D eigenvalue weighted by Gasteiger charge is -2.32. The van der Waals surface area contributed by atoms with Gasteiger partial charge in [-0.25, -0.2) is 0 Å². The minimum absolute atomic E-state index is 0.113. The van der Waals surface area contributed by atoms with Crippen molar-refractivity contribution in [2.24, 2.45) is 5.41 Å². The Kier molecular flexibility index (Phi) is 6.47. The molecule has 164 valence electrons. The van der Waals surface area contributed by atoms with Gasteiger partial charge in [0.15, 0.2) is 5.78 Å². The number of para-hydroxylation sites is 1. The minimum atomic E-state index is -0.353. The fraction of sp³-hybridized carbons (Fsp3) is 0.296. The van der Waals surface area contributed by atoms with Crippen molar-refractivity contribution in [2.45, 2.75) is 32.1 Å². The van der Waals surface area contributed by atoms with E-state index >= 15 is 0 Å². The number of hydrogen-bond acceptors (Lipinski definition) is 4. The van der Waals surface area contributed by atoms with E-state index in [4.69, 9.17) is 0 Å². The molecule has 0 aliphatic carbocycles. The van der Waals surface area contributed by atoms with Gasteiger partial charge in [-0.15, -0.1) is 11.8 Å². The largest absolute Gasteiger partial charge is 0.338 e. The molecule has 0 saturated heterocycles. The molecule has 0 unspecified atom stereocenters. The third-order valence-electron chi connectivity index (χ3n) is 5.68. The lowest BCUT2D eigenvalue weighted by atomic mass is 9.92. The van der Waals surface area contributed by atoms with Crippen molar-refractivity contribution in [1.29, 1.82) is 0 Å². The first-order valence-corrected chi connectivity index (χ1v) is 11.9. The Hall–Kier alpha value is -2.92. The summed E-state index contributed by atoms with van der Waals surface area (Å²) in [7, 11) is 0. The van der Waals surface area contributed by atoms with E-state index in [1.165, 1.54) is 5.57 Å². The second kappa shape index (κ2) is 9.29. The van der Waals surface area contributed by atoms with Crippen molar-refractivity contribution >= 4 is 39.9 Å². The molecule has 0 atom stereocenters. The summed E-state index contributed by atoms with van der Waals surface area (Å²) in [5.74, 6) is 0.690. The first-order valence-electron chi connectivity index (χ1n) is 10.9. The molecule has 1 aliphatic rings. The first kappa shape index (κ1) is 22.3. The number of pyridine rings is 1. The van der Waals surface area contributed by atoms with Crippen molar-refractivity contribution in [2.75, 3.05) is 18.8 Å². The number of rotatable bonds is 5. The summed E-state index contributed by atoms with van der Waals surface area (Å²) >= 11 is 1.55. The van der Waals surface area contributed by atoms with E-state index in [0.717, 1.165) is 39.9 Å². The van der Waals surface area contributed by atoms with Gasteiger partial charge in [-0.3, -0.25) is 14.6 Å². The summed E-state index contributed by atoms with van der Waals surface area (Å²) in [6.45, 7) is 7.25. The highest BCUT2D eigenvalue weighted by Gasteiger charge is 2.28. The fourth-order valence-corrected chi connectivity index (χ4v) is 4.82. The topological polar surface area (TPSA) is 50.3 Å². The minimum Gasteiger partial charge on any atom is -0.338 e. The zero-order valence-corrected chi connectivity index (χ0v) is 19.6. The predicted molar refractivity (Wildman–Crippen MR) is 132 cm³/mol. The molecule has 0 bridgehead atoms. The van der Waals surface area contributed by atoms with Crippen LogP contribution in [0.25, 0.3) is 16.5 Å². The van der Waals surface area contributed by atoms with Gasteiger partial charge in [0.25, 0.3) is 0 Å². The van der Waals surface area contributed by atoms with Crippen LogP contribution >= 0.6 is 11.8 Å². The van der Waals surface area contributed by atoms with Crippen molar-refractivity contribution in [1.82, 2.24) is 9.88 Å². The second-order valence-electron chi connectivity index (χ2n) is 9.10. The number of carbonyl (C=O) groups excluding carboxylic acids is 2. The van der Waals surface area contributed by atoms with Crippen LogP contribution in [0.1, 0.15) is 43.1 Å². The van der Waals surface area contributed by atoms with Crippen LogP contribution in [0.15, 0.2) is 71.8 Å². The highest BCUT2D eigenvalue weighted by atomic mass is 32.2. The molecule has 0 N–H and O–H groups in total. The predicted octanol–water partition coefficient (Wildman–Crippen LogP) is 5.87. The molecular weight excluding hydrogens is 416 g/mol. The number of amides is 1. The molecular formula is C27H28N2O2S. The Morgan fingerprint density at radius 2 is 1.78 bits per heavy atom. The number of carbonyl (C=O) groups is 2. The van der Waals surface area contributed by atoms with Gasteiger partial charge in [0.05, 0.1) is 11.3 Å². The van der Waals surface area contributed by atoms with E-state index in [1.807, 2.05) is 80.3 Å². The maximum Gasteiger partial charge on any atom is 0.228 e. The third-order valence-corrected chi connectivity index (χ3v) is 6.76. The van der Waals surface area contributed by atoms with E-state index in [1.54, 1.807) is 18.0 Å². The van der Waals surface area contributed by atoms with Gasteiger partial charge in [0.2, 0.25) is 5.91 Å². The Balaban J connectivity index is 1.39. The third kappa shape index (κ3) is 4.94. The second-order valence-corrected chi connectivity index (χ2v) is 10.1. The normalized spacial score (nSPS) is 14.3. The molecule has 32 heavy (non-hydrogen) atoms. The van der Waals surface area contributed by atoms with Gasteiger partial charge in [-0.05, 0) is 29.7 Å². The van der Waals surface area contributed by atoms with Crippen molar-refractivity contribution in [3.8, 4) is 0 Å². The number of aromatic nitrogens is 1. The van der Waals surface area contributed by atoms with Crippen molar-refractivity contribution in [3.63, 3.8) is 0 Å². The number of benzene rings is 2. The molecule has 4 rings (SSSR count). The molecule has 0 saturated carbocycles. The number of nitrogens with zero attached hydrogens (tertiary/aromatic N) is 2. The summed E-state index contributed by atoms with van der Waals surface area (Å²) in [6, 6.07) is 17.8. The summed E-state index contributed by atoms with van der Waals surface area (Å²) < 4.78 is 0. The Morgan fingerprint density at radius 1 is 1.03 bits per heavy atom. The molecule has 2 aromatic carbocycles. The van der Waals surface area contributed by atoms with E-state index in [-0.39, 0.29) is 17.1 Å². The van der Waals surface area contributed by atoms with Crippen LogP contribution in [0, 0.1) is 5.41 Å². The molecule has 0 spiro atoms. The van der Waals surface area contributed by atoms with Gasteiger partial charge >= 0.3 is 0 Å². The highest BCUT2D eigenvalue weighted by molar-refractivity contribution is 8.00. The number of Topliss-reactive ketones (excluding diaryl/α,β-unsaturated/α-hetero) is 1. The van der Waals surface area contributed by atoms with Crippen molar-refractivity contribution in [3.05, 3.63) is 78.0 Å². The van der Waals surface area contributed by atoms with Crippen LogP contribution in [0.5, 0.6) is 0 Å². The number of hydrogen-bond donors (Lipinski definition) is 0. The summed E-state index contributed by atoms with van der Waals surface area (Å²) in [5.41, 5.74) is 3.67. The molecule has 1 aromatic heterocycles. The van der Waals surface area contributed by atoms with E-state index in [2.05, 4.69) is 11.1 Å². The Labute approximate surface area is 193 Å². The van der Waals surface area contributed by atoms with Crippen LogP contribution < -0.4 is 0 Å². The zero-order chi connectivity index (χ0) is 22.7. The average Bonchev–Trinajstić information content (AvgIpc) is 2.81. The van der Waals surface area contributed by atoms with Crippen LogP contribution in [0.4, 0.5) is 0 Å². The number of ketones is 1. The molecule has 0 fully saturated rings. The van der Waals surface area contributed by atoms with Crippen LogP contribution in [0.3, 0.4) is 0 Å². The SMILES string of the molecule is CC(C)(C)C(=O)N1CC=C(c2ccc(C(=O)CSc3ccnc4ccccc34)cc2)CC1. The van der Waals surface area contributed by atoms with E-state index in [0.29, 0.717) is 12.3 Å². The van der Waals surface area contributed by atoms with Gasteiger partial charge in [-0.1, -0.05) is 69.3 Å². The van der Waals surface area contributed by atoms with E-state index in [9.17, 15) is 9.59 Å². The molecule has 0 radical (unpaired) electrons. The smallest absolute Gasteiger partial charge is 0.228 e. The fourth-order valence-electron chi connectivity index (χ4n) is 3.88. The first-order chi connectivity index (χ1) is 15.3. The Bertz CT molecular complexity index is 1170.